The van der Waals surface area contributed by atoms with Crippen LogP contribution in [-0.2, 0) is 10.3 Å². The number of benzene rings is 2. The number of imide groups is 1. The third-order valence-electron chi connectivity index (χ3n) is 4.80. The van der Waals surface area contributed by atoms with Crippen molar-refractivity contribution in [1.29, 1.82) is 0 Å². The monoisotopic (exact) mass is 346 g/mol. The van der Waals surface area contributed by atoms with Gasteiger partial charge in [0.1, 0.15) is 5.54 Å². The molecule has 3 aromatic rings. The number of H-pyrrole nitrogens is 1. The number of para-hydroxylation sites is 1. The molecule has 1 atom stereocenters. The number of hydrazone groups is 1. The molecular weight excluding hydrogens is 328 g/mol. The second kappa shape index (κ2) is 6.15. The maximum Gasteiger partial charge on any atom is 0.346 e. The molecule has 2 aromatic carbocycles. The Bertz CT molecular complexity index is 1010. The van der Waals surface area contributed by atoms with Gasteiger partial charge in [0, 0.05) is 22.7 Å². The maximum absolute atomic E-state index is 13.0. The second-order valence-electron chi connectivity index (χ2n) is 6.21. The lowest BCUT2D eigenvalue weighted by atomic mass is 9.87. The van der Waals surface area contributed by atoms with Crippen LogP contribution in [-0.4, -0.2) is 28.1 Å². The van der Waals surface area contributed by atoms with Crippen LogP contribution in [0.5, 0.6) is 0 Å². The van der Waals surface area contributed by atoms with Crippen LogP contribution in [0, 0.1) is 0 Å². The average molecular weight is 346 g/mol. The third-order valence-corrected chi connectivity index (χ3v) is 4.80. The molecule has 0 saturated carbocycles. The van der Waals surface area contributed by atoms with Gasteiger partial charge in [0.25, 0.3) is 5.91 Å². The van der Waals surface area contributed by atoms with Crippen molar-refractivity contribution >= 4 is 29.1 Å². The summed E-state index contributed by atoms with van der Waals surface area (Å²) < 4.78 is 0. The van der Waals surface area contributed by atoms with Crippen molar-refractivity contribution in [3.8, 4) is 0 Å². The number of hydrogen-bond acceptors (Lipinski definition) is 3. The zero-order valence-corrected chi connectivity index (χ0v) is 14.3. The minimum atomic E-state index is -1.07. The van der Waals surface area contributed by atoms with Crippen LogP contribution < -0.4 is 5.32 Å². The van der Waals surface area contributed by atoms with Crippen LogP contribution >= 0.6 is 0 Å². The van der Waals surface area contributed by atoms with Gasteiger partial charge in [-0.3, -0.25) is 4.79 Å². The van der Waals surface area contributed by atoms with E-state index in [9.17, 15) is 9.59 Å². The first kappa shape index (κ1) is 16.1. The van der Waals surface area contributed by atoms with E-state index in [0.717, 1.165) is 27.0 Å². The summed E-state index contributed by atoms with van der Waals surface area (Å²) >= 11 is 0. The Hall–Kier alpha value is -3.41. The summed E-state index contributed by atoms with van der Waals surface area (Å²) in [5.74, 6) is -0.368. The average Bonchev–Trinajstić information content (AvgIpc) is 3.20. The molecule has 0 bridgehead atoms. The van der Waals surface area contributed by atoms with Gasteiger partial charge < -0.3 is 10.3 Å². The summed E-state index contributed by atoms with van der Waals surface area (Å²) in [4.78, 5) is 28.6. The molecule has 1 fully saturated rings. The van der Waals surface area contributed by atoms with Crippen molar-refractivity contribution in [3.63, 3.8) is 0 Å². The van der Waals surface area contributed by atoms with Crippen LogP contribution in [0.15, 0.2) is 65.9 Å². The largest absolute Gasteiger partial charge is 0.361 e. The van der Waals surface area contributed by atoms with Gasteiger partial charge in [0.15, 0.2) is 0 Å². The topological polar surface area (TPSA) is 77.6 Å². The van der Waals surface area contributed by atoms with Crippen LogP contribution in [0.1, 0.15) is 24.5 Å². The van der Waals surface area contributed by atoms with E-state index in [2.05, 4.69) is 15.4 Å². The van der Waals surface area contributed by atoms with Crippen LogP contribution in [0.25, 0.3) is 10.9 Å². The smallest absolute Gasteiger partial charge is 0.346 e. The first-order valence-electron chi connectivity index (χ1n) is 8.48. The zero-order chi connectivity index (χ0) is 18.1. The summed E-state index contributed by atoms with van der Waals surface area (Å²) in [7, 11) is 0. The lowest BCUT2D eigenvalue weighted by Gasteiger charge is -2.24. The predicted molar refractivity (Wildman–Crippen MR) is 99.7 cm³/mol. The van der Waals surface area contributed by atoms with E-state index >= 15 is 0 Å². The molecule has 0 unspecified atom stereocenters. The van der Waals surface area contributed by atoms with Gasteiger partial charge in [-0.15, -0.1) is 5.01 Å². The highest BCUT2D eigenvalue weighted by Gasteiger charge is 2.51. The number of amides is 3. The van der Waals surface area contributed by atoms with E-state index in [1.54, 1.807) is 6.20 Å². The molecule has 0 aliphatic carbocycles. The number of urea groups is 1. The predicted octanol–water partition coefficient (Wildman–Crippen LogP) is 3.36. The molecule has 1 aliphatic heterocycles. The first-order chi connectivity index (χ1) is 12.7. The Balaban J connectivity index is 1.67. The molecule has 2 heterocycles. The lowest BCUT2D eigenvalue weighted by Crippen LogP contribution is -2.43. The number of nitrogens with one attached hydrogen (secondary N) is 2. The quantitative estimate of drug-likeness (QED) is 0.561. The highest BCUT2D eigenvalue weighted by Crippen LogP contribution is 2.32. The summed E-state index contributed by atoms with van der Waals surface area (Å²) in [6, 6.07) is 16.5. The first-order valence-corrected chi connectivity index (χ1v) is 8.48. The van der Waals surface area contributed by atoms with E-state index in [1.807, 2.05) is 61.5 Å². The van der Waals surface area contributed by atoms with Gasteiger partial charge in [0.2, 0.25) is 0 Å². The minimum Gasteiger partial charge on any atom is -0.361 e. The fraction of sp³-hybridized carbons (Fsp3) is 0.150. The van der Waals surface area contributed by atoms with Gasteiger partial charge in [-0.1, -0.05) is 55.5 Å². The summed E-state index contributed by atoms with van der Waals surface area (Å²) in [6.45, 7) is 1.87. The molecule has 1 aromatic heterocycles. The molecule has 0 spiro atoms. The van der Waals surface area contributed by atoms with Gasteiger partial charge >= 0.3 is 6.03 Å². The SMILES string of the molecule is CC[C@]1(c2ccccc2)NC(=O)N(/N=C/c2c[nH]c3ccccc23)C1=O. The Labute approximate surface area is 150 Å². The Morgan fingerprint density at radius 1 is 1.08 bits per heavy atom. The summed E-state index contributed by atoms with van der Waals surface area (Å²) in [5, 5.41) is 8.88. The lowest BCUT2D eigenvalue weighted by molar-refractivity contribution is -0.131. The number of nitrogens with zero attached hydrogens (tertiary/aromatic N) is 2. The molecule has 4 rings (SSSR count). The number of fused-ring (bicyclic) bond motifs is 1. The highest BCUT2D eigenvalue weighted by molar-refractivity contribution is 6.08. The van der Waals surface area contributed by atoms with Crippen molar-refractivity contribution < 1.29 is 9.59 Å². The van der Waals surface area contributed by atoms with Crippen LogP contribution in [0.2, 0.25) is 0 Å². The molecular formula is C20H18N4O2. The minimum absolute atomic E-state index is 0.368. The number of aromatic amines is 1. The molecule has 26 heavy (non-hydrogen) atoms. The number of aromatic nitrogens is 1. The Morgan fingerprint density at radius 2 is 1.81 bits per heavy atom. The normalized spacial score (nSPS) is 20.3. The maximum atomic E-state index is 13.0. The van der Waals surface area contributed by atoms with Crippen LogP contribution in [0.4, 0.5) is 4.79 Å². The molecule has 1 aliphatic rings. The fourth-order valence-electron chi connectivity index (χ4n) is 3.35. The fourth-order valence-corrected chi connectivity index (χ4v) is 3.35. The van der Waals surface area contributed by atoms with E-state index in [4.69, 9.17) is 0 Å². The van der Waals surface area contributed by atoms with Crippen molar-refractivity contribution in [2.45, 2.75) is 18.9 Å². The van der Waals surface area contributed by atoms with Gasteiger partial charge in [0.05, 0.1) is 6.21 Å². The molecule has 1 saturated heterocycles. The Kier molecular flexibility index (Phi) is 3.80. The molecule has 6 nitrogen and oxygen atoms in total. The van der Waals surface area contributed by atoms with E-state index in [0.29, 0.717) is 6.42 Å². The number of carbonyl (C=O) groups excluding carboxylic acids is 2. The van der Waals surface area contributed by atoms with Crippen molar-refractivity contribution in [2.75, 3.05) is 0 Å². The molecule has 2 N–H and O–H groups in total. The number of rotatable bonds is 4. The van der Waals surface area contributed by atoms with E-state index in [-0.39, 0.29) is 5.91 Å². The molecule has 0 radical (unpaired) electrons. The summed E-state index contributed by atoms with van der Waals surface area (Å²) in [5.41, 5.74) is 1.47. The van der Waals surface area contributed by atoms with E-state index < -0.39 is 11.6 Å². The summed E-state index contributed by atoms with van der Waals surface area (Å²) in [6.07, 6.45) is 3.78. The van der Waals surface area contributed by atoms with E-state index in [1.165, 1.54) is 6.21 Å². The highest BCUT2D eigenvalue weighted by atomic mass is 16.2. The van der Waals surface area contributed by atoms with Gasteiger partial charge in [-0.25, -0.2) is 4.79 Å². The molecule has 3 amide bonds. The van der Waals surface area contributed by atoms with Crippen molar-refractivity contribution in [1.82, 2.24) is 15.3 Å². The third kappa shape index (κ3) is 2.38. The molecule has 130 valence electrons. The van der Waals surface area contributed by atoms with Crippen molar-refractivity contribution in [2.24, 2.45) is 5.10 Å². The second-order valence-corrected chi connectivity index (χ2v) is 6.21. The van der Waals surface area contributed by atoms with Crippen LogP contribution in [0.3, 0.4) is 0 Å². The number of carbonyl (C=O) groups is 2. The standard InChI is InChI=1S/C20H18N4O2/c1-2-20(15-8-4-3-5-9-15)18(25)24(19(26)23-20)22-13-14-12-21-17-11-7-6-10-16(14)17/h3-13,21H,2H2,1H3,(H,23,26)/b22-13+/t20-/m1/s1. The van der Waals surface area contributed by atoms with Gasteiger partial charge in [-0.2, -0.15) is 5.10 Å². The van der Waals surface area contributed by atoms with Crippen molar-refractivity contribution in [3.05, 3.63) is 71.9 Å². The Morgan fingerprint density at radius 3 is 2.58 bits per heavy atom. The number of hydrogen-bond donors (Lipinski definition) is 2. The zero-order valence-electron chi connectivity index (χ0n) is 14.3. The molecule has 6 heteroatoms. The van der Waals surface area contributed by atoms with Gasteiger partial charge in [-0.05, 0) is 18.1 Å².